The summed E-state index contributed by atoms with van der Waals surface area (Å²) in [5, 5.41) is 3.46. The molecule has 0 amide bonds. The Labute approximate surface area is 88.7 Å². The van der Waals surface area contributed by atoms with Crippen LogP contribution in [0.15, 0.2) is 11.6 Å². The van der Waals surface area contributed by atoms with Gasteiger partial charge in [-0.3, -0.25) is 0 Å². The lowest BCUT2D eigenvalue weighted by molar-refractivity contribution is 0.175. The highest BCUT2D eigenvalue weighted by Crippen LogP contribution is 2.05. The number of nitrogens with one attached hydrogen (secondary N) is 1. The van der Waals surface area contributed by atoms with E-state index in [1.807, 2.05) is 0 Å². The van der Waals surface area contributed by atoms with Crippen LogP contribution in [0.1, 0.15) is 34.6 Å². The van der Waals surface area contributed by atoms with Crippen LogP contribution in [-0.4, -0.2) is 25.8 Å². The van der Waals surface area contributed by atoms with Gasteiger partial charge in [-0.1, -0.05) is 18.6 Å². The lowest BCUT2D eigenvalue weighted by atomic mass is 10.1. The van der Waals surface area contributed by atoms with Gasteiger partial charge in [0.2, 0.25) is 0 Å². The molecule has 1 N–H and O–H groups in total. The Hall–Kier alpha value is -0.340. The molecule has 0 saturated carbocycles. The van der Waals surface area contributed by atoms with Gasteiger partial charge in [0.05, 0.1) is 6.61 Å². The van der Waals surface area contributed by atoms with Gasteiger partial charge in [-0.15, -0.1) is 0 Å². The fourth-order valence-corrected chi connectivity index (χ4v) is 1.26. The molecular weight excluding hydrogens is 174 g/mol. The molecule has 0 aliphatic heterocycles. The minimum atomic E-state index is 0.194. The fraction of sp³-hybridized carbons (Fsp3) is 0.833. The maximum atomic E-state index is 5.08. The van der Waals surface area contributed by atoms with Gasteiger partial charge in [0.1, 0.15) is 0 Å². The van der Waals surface area contributed by atoms with Gasteiger partial charge in [0.15, 0.2) is 0 Å². The summed E-state index contributed by atoms with van der Waals surface area (Å²) in [5.41, 5.74) is 1.57. The molecule has 0 radical (unpaired) electrons. The average Bonchev–Trinajstić information content (AvgIpc) is 2.00. The van der Waals surface area contributed by atoms with Gasteiger partial charge in [0, 0.05) is 19.2 Å². The first-order valence-electron chi connectivity index (χ1n) is 5.26. The van der Waals surface area contributed by atoms with E-state index in [0.29, 0.717) is 5.92 Å². The van der Waals surface area contributed by atoms with E-state index in [1.165, 1.54) is 5.57 Å². The molecule has 1 unspecified atom stereocenters. The molecule has 14 heavy (non-hydrogen) atoms. The van der Waals surface area contributed by atoms with E-state index in [4.69, 9.17) is 4.74 Å². The number of hydrogen-bond acceptors (Lipinski definition) is 2. The number of hydrogen-bond donors (Lipinski definition) is 1. The normalized spacial score (nSPS) is 15.7. The van der Waals surface area contributed by atoms with Crippen molar-refractivity contribution < 1.29 is 4.74 Å². The smallest absolute Gasteiger partial charge is 0.0522 e. The summed E-state index contributed by atoms with van der Waals surface area (Å²) in [6, 6.07) is 0. The predicted molar refractivity (Wildman–Crippen MR) is 62.6 cm³/mol. The number of ether oxygens (including phenoxy) is 1. The van der Waals surface area contributed by atoms with Crippen molar-refractivity contribution in [2.75, 3.05) is 20.3 Å². The van der Waals surface area contributed by atoms with Crippen LogP contribution in [0.25, 0.3) is 0 Å². The largest absolute Gasteiger partial charge is 0.384 e. The molecule has 0 fully saturated rings. The van der Waals surface area contributed by atoms with E-state index in [1.54, 1.807) is 7.11 Å². The summed E-state index contributed by atoms with van der Waals surface area (Å²) >= 11 is 0. The molecule has 0 saturated heterocycles. The molecule has 2 nitrogen and oxygen atoms in total. The lowest BCUT2D eigenvalue weighted by Crippen LogP contribution is -2.36. The molecular formula is C12H25NO. The van der Waals surface area contributed by atoms with Crippen LogP contribution in [0, 0.1) is 5.92 Å². The second-order valence-corrected chi connectivity index (χ2v) is 5.05. The fourth-order valence-electron chi connectivity index (χ4n) is 1.26. The molecule has 0 aromatic rings. The van der Waals surface area contributed by atoms with Crippen LogP contribution >= 0.6 is 0 Å². The van der Waals surface area contributed by atoms with Crippen molar-refractivity contribution in [1.29, 1.82) is 0 Å². The molecule has 0 aromatic heterocycles. The second kappa shape index (κ2) is 6.20. The topological polar surface area (TPSA) is 21.3 Å². The van der Waals surface area contributed by atoms with E-state index in [0.717, 1.165) is 13.2 Å². The molecule has 0 bridgehead atoms. The Balaban J connectivity index is 3.88. The van der Waals surface area contributed by atoms with Crippen molar-refractivity contribution >= 4 is 0 Å². The Kier molecular flexibility index (Phi) is 6.05. The van der Waals surface area contributed by atoms with E-state index in [9.17, 15) is 0 Å². The van der Waals surface area contributed by atoms with Crippen molar-refractivity contribution in [2.24, 2.45) is 5.92 Å². The van der Waals surface area contributed by atoms with E-state index >= 15 is 0 Å². The first-order chi connectivity index (χ1) is 6.35. The summed E-state index contributed by atoms with van der Waals surface area (Å²) < 4.78 is 5.08. The molecule has 0 aliphatic rings. The highest BCUT2D eigenvalue weighted by molar-refractivity contribution is 5.03. The average molecular weight is 199 g/mol. The molecule has 84 valence electrons. The molecule has 1 atom stereocenters. The maximum absolute atomic E-state index is 5.08. The molecule has 0 rings (SSSR count). The van der Waals surface area contributed by atoms with Crippen molar-refractivity contribution in [3.63, 3.8) is 0 Å². The van der Waals surface area contributed by atoms with Crippen LogP contribution in [0.2, 0.25) is 0 Å². The number of methoxy groups -OCH3 is 1. The zero-order valence-electron chi connectivity index (χ0n) is 10.5. The summed E-state index contributed by atoms with van der Waals surface area (Å²) in [4.78, 5) is 0. The number of rotatable bonds is 5. The lowest BCUT2D eigenvalue weighted by Gasteiger charge is -2.21. The van der Waals surface area contributed by atoms with Gasteiger partial charge in [0.25, 0.3) is 0 Å². The molecule has 0 aromatic carbocycles. The monoisotopic (exact) mass is 199 g/mol. The summed E-state index contributed by atoms with van der Waals surface area (Å²) in [6.07, 6.45) is 2.27. The van der Waals surface area contributed by atoms with Crippen LogP contribution in [0.4, 0.5) is 0 Å². The summed E-state index contributed by atoms with van der Waals surface area (Å²) in [6.45, 7) is 12.6. The first kappa shape index (κ1) is 13.7. The van der Waals surface area contributed by atoms with Crippen molar-refractivity contribution in [3.8, 4) is 0 Å². The third-order valence-corrected chi connectivity index (χ3v) is 1.90. The van der Waals surface area contributed by atoms with Gasteiger partial charge >= 0.3 is 0 Å². The zero-order valence-corrected chi connectivity index (χ0v) is 10.5. The van der Waals surface area contributed by atoms with E-state index < -0.39 is 0 Å². The SMILES string of the molecule is COCC(C)/C=C(/C)CNC(C)(C)C. The molecule has 2 heteroatoms. The van der Waals surface area contributed by atoms with Crippen molar-refractivity contribution in [3.05, 3.63) is 11.6 Å². The summed E-state index contributed by atoms with van der Waals surface area (Å²) in [7, 11) is 1.74. The Morgan fingerprint density at radius 1 is 1.43 bits per heavy atom. The van der Waals surface area contributed by atoms with E-state index in [2.05, 4.69) is 46.0 Å². The zero-order chi connectivity index (χ0) is 11.2. The minimum Gasteiger partial charge on any atom is -0.384 e. The third-order valence-electron chi connectivity index (χ3n) is 1.90. The highest BCUT2D eigenvalue weighted by atomic mass is 16.5. The molecule has 0 heterocycles. The Morgan fingerprint density at radius 2 is 2.00 bits per heavy atom. The molecule has 0 spiro atoms. The van der Waals surface area contributed by atoms with Crippen LogP contribution in [0.3, 0.4) is 0 Å². The van der Waals surface area contributed by atoms with Gasteiger partial charge < -0.3 is 10.1 Å². The van der Waals surface area contributed by atoms with Gasteiger partial charge in [-0.05, 0) is 33.6 Å². The Bertz CT molecular complexity index is 179. The predicted octanol–water partition coefficient (Wildman–Crippen LogP) is 2.60. The molecule has 0 aliphatic carbocycles. The Morgan fingerprint density at radius 3 is 2.43 bits per heavy atom. The second-order valence-electron chi connectivity index (χ2n) is 5.05. The van der Waals surface area contributed by atoms with Crippen LogP contribution < -0.4 is 5.32 Å². The van der Waals surface area contributed by atoms with Gasteiger partial charge in [-0.2, -0.15) is 0 Å². The first-order valence-corrected chi connectivity index (χ1v) is 5.26. The highest BCUT2D eigenvalue weighted by Gasteiger charge is 2.08. The third kappa shape index (κ3) is 8.27. The quantitative estimate of drug-likeness (QED) is 0.687. The van der Waals surface area contributed by atoms with Gasteiger partial charge in [-0.25, -0.2) is 0 Å². The van der Waals surface area contributed by atoms with Crippen molar-refractivity contribution in [1.82, 2.24) is 5.32 Å². The van der Waals surface area contributed by atoms with Crippen LogP contribution in [0.5, 0.6) is 0 Å². The van der Waals surface area contributed by atoms with Crippen molar-refractivity contribution in [2.45, 2.75) is 40.2 Å². The van der Waals surface area contributed by atoms with Crippen LogP contribution in [-0.2, 0) is 4.74 Å². The standard InChI is InChI=1S/C12H25NO/c1-10(7-11(2)9-14-6)8-13-12(3,4)5/h7,11,13H,8-9H2,1-6H3/b10-7-. The summed E-state index contributed by atoms with van der Waals surface area (Å²) in [5.74, 6) is 0.502. The minimum absolute atomic E-state index is 0.194. The maximum Gasteiger partial charge on any atom is 0.0522 e. The van der Waals surface area contributed by atoms with E-state index in [-0.39, 0.29) is 5.54 Å².